The van der Waals surface area contributed by atoms with Gasteiger partial charge in [-0.25, -0.2) is 0 Å². The van der Waals surface area contributed by atoms with Gasteiger partial charge in [0.25, 0.3) is 0 Å². The highest BCUT2D eigenvalue weighted by molar-refractivity contribution is 6.18. The number of rotatable bonds is 2. The normalized spacial score (nSPS) is 40.9. The molecule has 1 aromatic rings. The molecule has 0 amide bonds. The third-order valence-electron chi connectivity index (χ3n) is 7.19. The summed E-state index contributed by atoms with van der Waals surface area (Å²) in [4.78, 5) is 26.4. The Kier molecular flexibility index (Phi) is 4.62. The molecule has 3 aliphatic carbocycles. The molecule has 0 aromatic heterocycles. The highest BCUT2D eigenvalue weighted by Crippen LogP contribution is 2.52. The third kappa shape index (κ3) is 2.57. The van der Waals surface area contributed by atoms with Crippen molar-refractivity contribution in [3.63, 3.8) is 0 Å². The molecule has 2 fully saturated rings. The predicted octanol–water partition coefficient (Wildman–Crippen LogP) is 0.570. The zero-order chi connectivity index (χ0) is 20.4. The van der Waals surface area contributed by atoms with Crippen LogP contribution in [0.1, 0.15) is 46.9 Å². The average Bonchev–Trinajstić information content (AvgIpc) is 2.68. The average molecular weight is 390 g/mol. The second-order valence-corrected chi connectivity index (χ2v) is 8.49. The summed E-state index contributed by atoms with van der Waals surface area (Å²) in [5.41, 5.74) is -1.02. The monoisotopic (exact) mass is 390 g/mol. The lowest BCUT2D eigenvalue weighted by Gasteiger charge is -2.54. The van der Waals surface area contributed by atoms with Crippen LogP contribution >= 0.6 is 0 Å². The number of carbonyl (C=O) groups excluding carboxylic acids is 2. The highest BCUT2D eigenvalue weighted by Gasteiger charge is 2.60. The quantitative estimate of drug-likeness (QED) is 0.582. The van der Waals surface area contributed by atoms with Gasteiger partial charge >= 0.3 is 0 Å². The van der Waals surface area contributed by atoms with E-state index in [1.54, 1.807) is 12.1 Å². The van der Waals surface area contributed by atoms with Crippen molar-refractivity contribution in [3.8, 4) is 5.75 Å². The molecule has 0 aliphatic heterocycles. The third-order valence-corrected chi connectivity index (χ3v) is 7.19. The van der Waals surface area contributed by atoms with Crippen LogP contribution in [-0.2, 0) is 0 Å². The first-order valence-electron chi connectivity index (χ1n) is 9.73. The predicted molar refractivity (Wildman–Crippen MR) is 98.1 cm³/mol. The summed E-state index contributed by atoms with van der Waals surface area (Å²) in [7, 11) is 1.42. The fourth-order valence-electron chi connectivity index (χ4n) is 5.57. The molecule has 4 rings (SSSR count). The number of Topliss-reactive ketones (excluding diaryl/α,β-unsaturated/α-hetero) is 2. The van der Waals surface area contributed by atoms with E-state index < -0.39 is 59.2 Å². The van der Waals surface area contributed by atoms with Crippen LogP contribution in [0.4, 0.5) is 0 Å². The zero-order valence-corrected chi connectivity index (χ0v) is 15.9. The van der Waals surface area contributed by atoms with Gasteiger partial charge in [-0.15, -0.1) is 0 Å². The van der Waals surface area contributed by atoms with E-state index in [-0.39, 0.29) is 29.7 Å². The van der Waals surface area contributed by atoms with E-state index >= 15 is 0 Å². The van der Waals surface area contributed by atoms with Crippen LogP contribution in [0, 0.1) is 23.7 Å². The van der Waals surface area contributed by atoms with Crippen LogP contribution < -0.4 is 4.74 Å². The maximum Gasteiger partial charge on any atom is 0.173 e. The number of fused-ring (bicyclic) bond motifs is 3. The summed E-state index contributed by atoms with van der Waals surface area (Å²) in [5, 5.41) is 42.8. The maximum absolute atomic E-state index is 13.2. The van der Waals surface area contributed by atoms with Crippen LogP contribution in [0.5, 0.6) is 5.75 Å². The van der Waals surface area contributed by atoms with E-state index in [0.717, 1.165) is 0 Å². The Bertz CT molecular complexity index is 819. The smallest absolute Gasteiger partial charge is 0.173 e. The Balaban J connectivity index is 1.78. The van der Waals surface area contributed by atoms with Crippen molar-refractivity contribution in [1.29, 1.82) is 0 Å². The molecule has 4 N–H and O–H groups in total. The van der Waals surface area contributed by atoms with Crippen LogP contribution in [0.25, 0.3) is 0 Å². The molecule has 7 unspecified atom stereocenters. The summed E-state index contributed by atoms with van der Waals surface area (Å²) < 4.78 is 5.26. The minimum atomic E-state index is -1.38. The number of hydrogen-bond donors (Lipinski definition) is 4. The van der Waals surface area contributed by atoms with E-state index in [2.05, 4.69) is 0 Å². The van der Waals surface area contributed by atoms with E-state index in [9.17, 15) is 30.0 Å². The Morgan fingerprint density at radius 3 is 2.39 bits per heavy atom. The van der Waals surface area contributed by atoms with Crippen molar-refractivity contribution in [1.82, 2.24) is 0 Å². The molecule has 28 heavy (non-hydrogen) atoms. The van der Waals surface area contributed by atoms with Gasteiger partial charge in [-0.05, 0) is 44.1 Å². The van der Waals surface area contributed by atoms with Crippen molar-refractivity contribution in [2.75, 3.05) is 7.11 Å². The van der Waals surface area contributed by atoms with Crippen molar-refractivity contribution in [3.05, 3.63) is 29.3 Å². The van der Waals surface area contributed by atoms with Gasteiger partial charge in [0, 0.05) is 5.56 Å². The van der Waals surface area contributed by atoms with Gasteiger partial charge in [0.2, 0.25) is 0 Å². The second-order valence-electron chi connectivity index (χ2n) is 8.49. The maximum atomic E-state index is 13.2. The summed E-state index contributed by atoms with van der Waals surface area (Å²) in [6, 6.07) is 4.75. The van der Waals surface area contributed by atoms with Crippen LogP contribution in [-0.4, -0.2) is 63.0 Å². The summed E-state index contributed by atoms with van der Waals surface area (Å²) in [5.74, 6) is -3.61. The number of carbonyl (C=O) groups is 2. The van der Waals surface area contributed by atoms with E-state index in [0.29, 0.717) is 6.42 Å². The number of hydrogen-bond acceptors (Lipinski definition) is 7. The summed E-state index contributed by atoms with van der Waals surface area (Å²) in [6.07, 6.45) is -2.60. The standard InChI is InChI=1S/C21H26O7/c1-9(22)21(27)7-6-10-12(8-21)19(25)15-16(17(10)23)20(26)14-11(18(15)24)4-3-5-13(14)28-2/h3-5,9-10,12,15-17,19,22-23,25,27H,6-8H2,1-2H3/t9?,10?,12?,15?,16?,17?,19?,21-/m1/s1. The minimum absolute atomic E-state index is 0.0726. The zero-order valence-electron chi connectivity index (χ0n) is 15.9. The number of benzene rings is 1. The number of aliphatic hydroxyl groups is 4. The molecule has 0 spiro atoms. The van der Waals surface area contributed by atoms with Crippen LogP contribution in [0.3, 0.4) is 0 Å². The van der Waals surface area contributed by atoms with Crippen LogP contribution in [0.15, 0.2) is 18.2 Å². The second kappa shape index (κ2) is 6.62. The Hall–Kier alpha value is -1.80. The fraction of sp³-hybridized carbons (Fsp3) is 0.619. The van der Waals surface area contributed by atoms with Gasteiger partial charge in [-0.3, -0.25) is 9.59 Å². The highest BCUT2D eigenvalue weighted by atomic mass is 16.5. The lowest BCUT2D eigenvalue weighted by molar-refractivity contribution is -0.172. The lowest BCUT2D eigenvalue weighted by Crippen LogP contribution is -2.62. The number of ketones is 2. The topological polar surface area (TPSA) is 124 Å². The van der Waals surface area contributed by atoms with Gasteiger partial charge < -0.3 is 25.2 Å². The van der Waals surface area contributed by atoms with E-state index in [4.69, 9.17) is 4.74 Å². The fourth-order valence-corrected chi connectivity index (χ4v) is 5.57. The van der Waals surface area contributed by atoms with Gasteiger partial charge in [-0.2, -0.15) is 0 Å². The Labute approximate surface area is 163 Å². The largest absolute Gasteiger partial charge is 0.496 e. The van der Waals surface area contributed by atoms with Gasteiger partial charge in [0.05, 0.1) is 48.4 Å². The van der Waals surface area contributed by atoms with Gasteiger partial charge in [0.15, 0.2) is 11.6 Å². The van der Waals surface area contributed by atoms with Crippen molar-refractivity contribution < 1.29 is 34.8 Å². The molecule has 0 bridgehead atoms. The molecular formula is C21H26O7. The molecule has 0 saturated heterocycles. The Morgan fingerprint density at radius 2 is 1.75 bits per heavy atom. The molecule has 7 heteroatoms. The number of ether oxygens (including phenoxy) is 1. The molecule has 152 valence electrons. The molecule has 1 aromatic carbocycles. The molecule has 8 atom stereocenters. The van der Waals surface area contributed by atoms with E-state index in [1.165, 1.54) is 20.1 Å². The number of aliphatic hydroxyl groups excluding tert-OH is 3. The van der Waals surface area contributed by atoms with Gasteiger partial charge in [0.1, 0.15) is 5.75 Å². The summed E-state index contributed by atoms with van der Waals surface area (Å²) in [6.45, 7) is 1.49. The first-order chi connectivity index (χ1) is 13.2. The molecule has 7 nitrogen and oxygen atoms in total. The minimum Gasteiger partial charge on any atom is -0.496 e. The van der Waals surface area contributed by atoms with Gasteiger partial charge in [-0.1, -0.05) is 12.1 Å². The van der Waals surface area contributed by atoms with E-state index in [1.807, 2.05) is 0 Å². The Morgan fingerprint density at radius 1 is 1.11 bits per heavy atom. The first-order valence-corrected chi connectivity index (χ1v) is 9.73. The van der Waals surface area contributed by atoms with Crippen molar-refractivity contribution in [2.45, 2.75) is 50.1 Å². The summed E-state index contributed by atoms with van der Waals surface area (Å²) >= 11 is 0. The molecule has 0 radical (unpaired) electrons. The first kappa shape index (κ1) is 19.5. The van der Waals surface area contributed by atoms with Crippen molar-refractivity contribution >= 4 is 11.6 Å². The van der Waals surface area contributed by atoms with Crippen LogP contribution in [0.2, 0.25) is 0 Å². The number of methoxy groups -OCH3 is 1. The molecule has 2 saturated carbocycles. The molecular weight excluding hydrogens is 364 g/mol. The lowest BCUT2D eigenvalue weighted by atomic mass is 9.53. The molecule has 3 aliphatic rings. The SMILES string of the molecule is COc1cccc2c1C(=O)C1C(O)C3CC[C@](O)(C(C)O)CC3C(O)C1C2=O. The molecule has 0 heterocycles. The van der Waals surface area contributed by atoms with Crippen molar-refractivity contribution in [2.24, 2.45) is 23.7 Å².